The molecule has 1 atom stereocenters. The molecule has 0 aromatic heterocycles. The van der Waals surface area contributed by atoms with Crippen molar-refractivity contribution in [1.29, 1.82) is 0 Å². The van der Waals surface area contributed by atoms with Gasteiger partial charge in [0.25, 0.3) is 0 Å². The summed E-state index contributed by atoms with van der Waals surface area (Å²) < 4.78 is 5.01. The average Bonchev–Trinajstić information content (AvgIpc) is 2.19. The lowest BCUT2D eigenvalue weighted by Crippen LogP contribution is -2.06. The maximum Gasteiger partial charge on any atom is 0.0556 e. The van der Waals surface area contributed by atoms with Crippen LogP contribution in [0.4, 0.5) is 0 Å². The molecule has 14 heavy (non-hydrogen) atoms. The number of benzene rings is 1. The molecule has 0 amide bonds. The fraction of sp³-hybridized carbons (Fsp3) is 0.455. The van der Waals surface area contributed by atoms with Crippen molar-refractivity contribution in [3.8, 4) is 0 Å². The molecule has 0 heterocycles. The van der Waals surface area contributed by atoms with Crippen molar-refractivity contribution in [2.75, 3.05) is 19.5 Å². The van der Waals surface area contributed by atoms with E-state index in [9.17, 15) is 0 Å². The molecular weight excluding hydrogens is 194 g/mol. The van der Waals surface area contributed by atoms with Crippen molar-refractivity contribution >= 4 is 11.8 Å². The van der Waals surface area contributed by atoms with Gasteiger partial charge >= 0.3 is 0 Å². The van der Waals surface area contributed by atoms with Gasteiger partial charge in [0, 0.05) is 23.8 Å². The van der Waals surface area contributed by atoms with Gasteiger partial charge in [0.15, 0.2) is 0 Å². The monoisotopic (exact) mass is 211 g/mol. The van der Waals surface area contributed by atoms with Gasteiger partial charge < -0.3 is 10.5 Å². The van der Waals surface area contributed by atoms with Crippen LogP contribution >= 0.6 is 11.8 Å². The Morgan fingerprint density at radius 2 is 2.14 bits per heavy atom. The Morgan fingerprint density at radius 3 is 2.79 bits per heavy atom. The molecule has 3 heteroatoms. The second kappa shape index (κ2) is 6.06. The zero-order chi connectivity index (χ0) is 10.4. The molecule has 1 aromatic rings. The van der Waals surface area contributed by atoms with Crippen molar-refractivity contribution in [3.63, 3.8) is 0 Å². The maximum absolute atomic E-state index is 5.87. The Balaban J connectivity index is 2.64. The first kappa shape index (κ1) is 11.6. The summed E-state index contributed by atoms with van der Waals surface area (Å²) in [5.74, 6) is 0.972. The van der Waals surface area contributed by atoms with Crippen LogP contribution in [-0.2, 0) is 4.74 Å². The van der Waals surface area contributed by atoms with Gasteiger partial charge in [0.1, 0.15) is 0 Å². The van der Waals surface area contributed by atoms with Crippen LogP contribution < -0.4 is 5.73 Å². The van der Waals surface area contributed by atoms with E-state index in [2.05, 4.69) is 12.1 Å². The van der Waals surface area contributed by atoms with Crippen molar-refractivity contribution < 1.29 is 4.74 Å². The van der Waals surface area contributed by atoms with Crippen LogP contribution in [0.25, 0.3) is 0 Å². The van der Waals surface area contributed by atoms with Crippen molar-refractivity contribution in [2.45, 2.75) is 17.9 Å². The fourth-order valence-corrected chi connectivity index (χ4v) is 2.29. The van der Waals surface area contributed by atoms with Gasteiger partial charge in [-0.25, -0.2) is 0 Å². The van der Waals surface area contributed by atoms with Gasteiger partial charge in [0.2, 0.25) is 0 Å². The Labute approximate surface area is 89.8 Å². The smallest absolute Gasteiger partial charge is 0.0556 e. The summed E-state index contributed by atoms with van der Waals surface area (Å²) >= 11 is 1.79. The number of hydrogen-bond donors (Lipinski definition) is 1. The molecule has 2 N–H and O–H groups in total. The predicted octanol–water partition coefficient (Wildman–Crippen LogP) is 2.44. The molecule has 78 valence electrons. The molecule has 0 fully saturated rings. The van der Waals surface area contributed by atoms with Crippen LogP contribution in [0.1, 0.15) is 18.5 Å². The third-order valence-electron chi connectivity index (χ3n) is 1.95. The summed E-state index contributed by atoms with van der Waals surface area (Å²) in [6.07, 6.45) is 0. The first-order valence-corrected chi connectivity index (χ1v) is 5.70. The highest BCUT2D eigenvalue weighted by Crippen LogP contribution is 2.25. The minimum Gasteiger partial charge on any atom is -0.384 e. The highest BCUT2D eigenvalue weighted by Gasteiger charge is 2.05. The molecule has 0 radical (unpaired) electrons. The van der Waals surface area contributed by atoms with Gasteiger partial charge in [-0.3, -0.25) is 0 Å². The van der Waals surface area contributed by atoms with Crippen molar-refractivity contribution in [3.05, 3.63) is 29.8 Å². The number of rotatable bonds is 5. The zero-order valence-corrected chi connectivity index (χ0v) is 9.51. The zero-order valence-electron chi connectivity index (χ0n) is 8.69. The van der Waals surface area contributed by atoms with Crippen LogP contribution in [0.5, 0.6) is 0 Å². The second-order valence-corrected chi connectivity index (χ2v) is 4.30. The molecule has 0 aliphatic carbocycles. The summed E-state index contributed by atoms with van der Waals surface area (Å²) in [7, 11) is 1.72. The molecule has 0 saturated heterocycles. The van der Waals surface area contributed by atoms with Gasteiger partial charge in [-0.15, -0.1) is 11.8 Å². The van der Waals surface area contributed by atoms with E-state index in [4.69, 9.17) is 10.5 Å². The molecule has 0 bridgehead atoms. The SMILES string of the molecule is COCCSc1ccccc1C(C)N. The van der Waals surface area contributed by atoms with E-state index >= 15 is 0 Å². The van der Waals surface area contributed by atoms with Crippen LogP contribution in [0, 0.1) is 0 Å². The van der Waals surface area contributed by atoms with E-state index in [1.54, 1.807) is 18.9 Å². The number of methoxy groups -OCH3 is 1. The van der Waals surface area contributed by atoms with E-state index < -0.39 is 0 Å². The molecule has 0 aliphatic rings. The topological polar surface area (TPSA) is 35.2 Å². The van der Waals surface area contributed by atoms with Crippen molar-refractivity contribution in [2.24, 2.45) is 5.73 Å². The van der Waals surface area contributed by atoms with E-state index in [1.165, 1.54) is 10.5 Å². The summed E-state index contributed by atoms with van der Waals surface area (Å²) in [5.41, 5.74) is 7.09. The fourth-order valence-electron chi connectivity index (χ4n) is 1.22. The molecule has 0 aliphatic heterocycles. The number of thioether (sulfide) groups is 1. The first-order chi connectivity index (χ1) is 6.75. The maximum atomic E-state index is 5.87. The normalized spacial score (nSPS) is 12.8. The molecule has 0 saturated carbocycles. The van der Waals surface area contributed by atoms with E-state index in [-0.39, 0.29) is 6.04 Å². The average molecular weight is 211 g/mol. The molecule has 0 spiro atoms. The van der Waals surface area contributed by atoms with Gasteiger partial charge in [-0.1, -0.05) is 18.2 Å². The summed E-state index contributed by atoms with van der Waals surface area (Å²) in [4.78, 5) is 1.26. The largest absolute Gasteiger partial charge is 0.384 e. The Hall–Kier alpha value is -0.510. The lowest BCUT2D eigenvalue weighted by molar-refractivity contribution is 0.218. The molecule has 2 nitrogen and oxygen atoms in total. The van der Waals surface area contributed by atoms with E-state index in [0.29, 0.717) is 0 Å². The Morgan fingerprint density at radius 1 is 1.43 bits per heavy atom. The standard InChI is InChI=1S/C11H17NOS/c1-9(12)10-5-3-4-6-11(10)14-8-7-13-2/h3-6,9H,7-8,12H2,1-2H3. The van der Waals surface area contributed by atoms with Gasteiger partial charge in [0.05, 0.1) is 6.61 Å². The molecule has 1 rings (SSSR count). The van der Waals surface area contributed by atoms with Crippen LogP contribution in [0.3, 0.4) is 0 Å². The van der Waals surface area contributed by atoms with Gasteiger partial charge in [-0.2, -0.15) is 0 Å². The van der Waals surface area contributed by atoms with Gasteiger partial charge in [-0.05, 0) is 18.6 Å². The van der Waals surface area contributed by atoms with E-state index in [0.717, 1.165) is 12.4 Å². The van der Waals surface area contributed by atoms with E-state index in [1.807, 2.05) is 19.1 Å². The molecule has 1 unspecified atom stereocenters. The Kier molecular flexibility index (Phi) is 5.01. The minimum atomic E-state index is 0.0984. The lowest BCUT2D eigenvalue weighted by atomic mass is 10.1. The predicted molar refractivity (Wildman–Crippen MR) is 61.6 cm³/mol. The summed E-state index contributed by atoms with van der Waals surface area (Å²) in [6.45, 7) is 2.79. The Bertz CT molecular complexity index is 276. The number of ether oxygens (including phenoxy) is 1. The van der Waals surface area contributed by atoms with Crippen LogP contribution in [-0.4, -0.2) is 19.5 Å². The first-order valence-electron chi connectivity index (χ1n) is 4.72. The van der Waals surface area contributed by atoms with Crippen molar-refractivity contribution in [1.82, 2.24) is 0 Å². The third-order valence-corrected chi connectivity index (χ3v) is 3.01. The molecular formula is C11H17NOS. The lowest BCUT2D eigenvalue weighted by Gasteiger charge is -2.11. The quantitative estimate of drug-likeness (QED) is 0.600. The number of hydrogen-bond acceptors (Lipinski definition) is 3. The van der Waals surface area contributed by atoms with Crippen LogP contribution in [0.2, 0.25) is 0 Å². The highest BCUT2D eigenvalue weighted by molar-refractivity contribution is 7.99. The molecule has 1 aromatic carbocycles. The highest BCUT2D eigenvalue weighted by atomic mass is 32.2. The minimum absolute atomic E-state index is 0.0984. The third kappa shape index (κ3) is 3.33. The summed E-state index contributed by atoms with van der Waals surface area (Å²) in [6, 6.07) is 8.36. The summed E-state index contributed by atoms with van der Waals surface area (Å²) in [5, 5.41) is 0. The second-order valence-electron chi connectivity index (χ2n) is 3.17. The van der Waals surface area contributed by atoms with Crippen LogP contribution in [0.15, 0.2) is 29.2 Å². The number of nitrogens with two attached hydrogens (primary N) is 1.